The SMILES string of the molecule is C=CC(=O)Nc1ccc(O[C@@H]2O[C@H](CO)[C@@H](O[C@@H]3O[C@H](CO)[C@H](O)[C@H](O)[C@H]3O)[C@H](O)[C@H]2O)cc1.C=CC(N)=O. The Morgan fingerprint density at radius 3 is 1.90 bits per heavy atom. The van der Waals surface area contributed by atoms with Gasteiger partial charge in [0.05, 0.1) is 13.2 Å². The van der Waals surface area contributed by atoms with Gasteiger partial charge in [-0.15, -0.1) is 0 Å². The smallest absolute Gasteiger partial charge is 0.247 e. The first-order valence-electron chi connectivity index (χ1n) is 11.7. The van der Waals surface area contributed by atoms with E-state index >= 15 is 0 Å². The number of ether oxygens (including phenoxy) is 4. The van der Waals surface area contributed by atoms with Gasteiger partial charge in [0, 0.05) is 5.69 Å². The first kappa shape index (κ1) is 32.3. The van der Waals surface area contributed by atoms with E-state index in [1.807, 2.05) is 0 Å². The van der Waals surface area contributed by atoms with E-state index in [9.17, 15) is 45.3 Å². The minimum Gasteiger partial charge on any atom is -0.462 e. The van der Waals surface area contributed by atoms with Gasteiger partial charge in [-0.05, 0) is 36.4 Å². The molecule has 0 spiro atoms. The molecule has 15 nitrogen and oxygen atoms in total. The van der Waals surface area contributed by atoms with Gasteiger partial charge in [-0.1, -0.05) is 13.2 Å². The standard InChI is InChI=1S/C21H29NO12.C3H5NO/c1-2-13(25)22-9-3-5-10(6-4-9)31-20-18(30)16(28)19(12(8-24)33-20)34-21-17(29)15(27)14(26)11(7-23)32-21;1-2-3(4)5/h2-6,11-12,14-21,23-24,26-30H,1,7-8H2,(H,22,25);2H,1H2,(H2,4,5)/t11-,12-,14+,15+,16-,17-,18-,19-,20-,21+;/m1./s1. The van der Waals surface area contributed by atoms with Crippen LogP contribution in [0.15, 0.2) is 49.6 Å². The van der Waals surface area contributed by atoms with Crippen molar-refractivity contribution in [1.29, 1.82) is 0 Å². The summed E-state index contributed by atoms with van der Waals surface area (Å²) < 4.78 is 21.8. The van der Waals surface area contributed by atoms with Crippen LogP contribution in [0.4, 0.5) is 5.69 Å². The maximum Gasteiger partial charge on any atom is 0.247 e. The van der Waals surface area contributed by atoms with E-state index in [1.54, 1.807) is 0 Å². The Labute approximate surface area is 223 Å². The van der Waals surface area contributed by atoms with Crippen LogP contribution in [0.2, 0.25) is 0 Å². The normalized spacial score (nSPS) is 34.1. The number of hydrogen-bond acceptors (Lipinski definition) is 13. The van der Waals surface area contributed by atoms with Gasteiger partial charge in [0.15, 0.2) is 6.29 Å². The maximum absolute atomic E-state index is 11.4. The van der Waals surface area contributed by atoms with Gasteiger partial charge in [0.2, 0.25) is 18.1 Å². The van der Waals surface area contributed by atoms with Crippen molar-refractivity contribution < 1.29 is 64.3 Å². The summed E-state index contributed by atoms with van der Waals surface area (Å²) >= 11 is 0. The molecule has 2 fully saturated rings. The van der Waals surface area contributed by atoms with Crippen LogP contribution in [0.1, 0.15) is 0 Å². The third kappa shape index (κ3) is 8.51. The van der Waals surface area contributed by atoms with E-state index in [2.05, 4.69) is 24.2 Å². The third-order valence-electron chi connectivity index (χ3n) is 5.72. The number of benzene rings is 1. The quantitative estimate of drug-likeness (QED) is 0.133. The summed E-state index contributed by atoms with van der Waals surface area (Å²) in [5.74, 6) is -0.665. The molecule has 0 unspecified atom stereocenters. The van der Waals surface area contributed by atoms with E-state index in [-0.39, 0.29) is 5.75 Å². The fourth-order valence-electron chi connectivity index (χ4n) is 3.60. The number of anilines is 1. The molecule has 3 rings (SSSR count). The van der Waals surface area contributed by atoms with Crippen molar-refractivity contribution in [2.45, 2.75) is 61.4 Å². The second-order valence-corrected chi connectivity index (χ2v) is 8.45. The molecule has 10 N–H and O–H groups in total. The molecule has 10 atom stereocenters. The molecule has 0 saturated carbocycles. The summed E-state index contributed by atoms with van der Waals surface area (Å²) in [6.07, 6.45) is -13.2. The van der Waals surface area contributed by atoms with Gasteiger partial charge >= 0.3 is 0 Å². The Balaban J connectivity index is 0.000000976. The molecule has 1 aromatic carbocycles. The molecule has 2 aliphatic heterocycles. The lowest BCUT2D eigenvalue weighted by molar-refractivity contribution is -0.352. The third-order valence-corrected chi connectivity index (χ3v) is 5.72. The zero-order chi connectivity index (χ0) is 29.3. The molecule has 0 aliphatic carbocycles. The number of amides is 2. The highest BCUT2D eigenvalue weighted by molar-refractivity contribution is 5.98. The molecule has 0 radical (unpaired) electrons. The highest BCUT2D eigenvalue weighted by Gasteiger charge is 2.51. The number of primary amides is 1. The van der Waals surface area contributed by atoms with Gasteiger partial charge < -0.3 is 65.7 Å². The largest absolute Gasteiger partial charge is 0.462 e. The molecule has 2 heterocycles. The van der Waals surface area contributed by atoms with Gasteiger partial charge in [0.25, 0.3) is 0 Å². The van der Waals surface area contributed by atoms with Crippen LogP contribution in [0, 0.1) is 0 Å². The Hall–Kier alpha value is -2.96. The number of aliphatic hydroxyl groups is 7. The van der Waals surface area contributed by atoms with Gasteiger partial charge in [-0.3, -0.25) is 9.59 Å². The van der Waals surface area contributed by atoms with E-state index in [0.29, 0.717) is 5.69 Å². The number of aliphatic hydroxyl groups excluding tert-OH is 7. The van der Waals surface area contributed by atoms with Crippen molar-refractivity contribution in [3.63, 3.8) is 0 Å². The minimum absolute atomic E-state index is 0.220. The topological polar surface area (TPSA) is 251 Å². The molecule has 2 saturated heterocycles. The number of nitrogens with one attached hydrogen (secondary N) is 1. The lowest BCUT2D eigenvalue weighted by Gasteiger charge is -2.45. The Bertz CT molecular complexity index is 958. The second-order valence-electron chi connectivity index (χ2n) is 8.45. The molecular formula is C24H34N2O13. The van der Waals surface area contributed by atoms with Crippen LogP contribution in [0.5, 0.6) is 5.75 Å². The monoisotopic (exact) mass is 558 g/mol. The van der Waals surface area contributed by atoms with Crippen molar-refractivity contribution in [1.82, 2.24) is 0 Å². The van der Waals surface area contributed by atoms with E-state index < -0.39 is 86.4 Å². The Morgan fingerprint density at radius 1 is 0.846 bits per heavy atom. The van der Waals surface area contributed by atoms with Gasteiger partial charge in [0.1, 0.15) is 54.6 Å². The zero-order valence-electron chi connectivity index (χ0n) is 20.7. The predicted octanol–water partition coefficient (Wildman–Crippen LogP) is -3.53. The highest BCUT2D eigenvalue weighted by Crippen LogP contribution is 2.30. The van der Waals surface area contributed by atoms with Gasteiger partial charge in [-0.25, -0.2) is 0 Å². The average molecular weight is 559 g/mol. The Morgan fingerprint density at radius 2 is 1.38 bits per heavy atom. The number of carbonyl (C=O) groups excluding carboxylic acids is 2. The molecule has 0 aromatic heterocycles. The fourth-order valence-corrected chi connectivity index (χ4v) is 3.60. The van der Waals surface area contributed by atoms with Crippen LogP contribution in [-0.4, -0.2) is 122 Å². The summed E-state index contributed by atoms with van der Waals surface area (Å²) in [5, 5.41) is 72.7. The lowest BCUT2D eigenvalue weighted by Crippen LogP contribution is -2.65. The number of carbonyl (C=O) groups is 2. The lowest BCUT2D eigenvalue weighted by atomic mass is 9.97. The minimum atomic E-state index is -1.75. The average Bonchev–Trinajstić information content (AvgIpc) is 2.93. The molecular weight excluding hydrogens is 524 g/mol. The summed E-state index contributed by atoms with van der Waals surface area (Å²) in [7, 11) is 0. The van der Waals surface area contributed by atoms with Crippen LogP contribution in [0.25, 0.3) is 0 Å². The van der Waals surface area contributed by atoms with Crippen LogP contribution >= 0.6 is 0 Å². The second kappa shape index (κ2) is 15.0. The molecule has 1 aromatic rings. The van der Waals surface area contributed by atoms with Crippen molar-refractivity contribution >= 4 is 17.5 Å². The molecule has 2 amide bonds. The molecule has 2 aliphatic rings. The van der Waals surface area contributed by atoms with Gasteiger partial charge in [-0.2, -0.15) is 0 Å². The Kier molecular flexibility index (Phi) is 12.4. The maximum atomic E-state index is 11.4. The molecule has 39 heavy (non-hydrogen) atoms. The summed E-state index contributed by atoms with van der Waals surface area (Å²) in [6, 6.07) is 6.01. The van der Waals surface area contributed by atoms with Crippen molar-refractivity contribution in [3.05, 3.63) is 49.6 Å². The zero-order valence-corrected chi connectivity index (χ0v) is 20.7. The first-order valence-corrected chi connectivity index (χ1v) is 11.7. The highest BCUT2D eigenvalue weighted by atomic mass is 16.7. The van der Waals surface area contributed by atoms with E-state index in [0.717, 1.165) is 12.2 Å². The molecule has 15 heteroatoms. The number of rotatable bonds is 9. The predicted molar refractivity (Wildman–Crippen MR) is 132 cm³/mol. The number of nitrogens with two attached hydrogens (primary N) is 1. The summed E-state index contributed by atoms with van der Waals surface area (Å²) in [4.78, 5) is 20.8. The van der Waals surface area contributed by atoms with Crippen molar-refractivity contribution in [3.8, 4) is 5.75 Å². The number of hydrogen-bond donors (Lipinski definition) is 9. The van der Waals surface area contributed by atoms with Crippen molar-refractivity contribution in [2.24, 2.45) is 5.73 Å². The fraction of sp³-hybridized carbons (Fsp3) is 0.500. The van der Waals surface area contributed by atoms with Crippen LogP contribution in [0.3, 0.4) is 0 Å². The van der Waals surface area contributed by atoms with E-state index in [1.165, 1.54) is 24.3 Å². The summed E-state index contributed by atoms with van der Waals surface area (Å²) in [6.45, 7) is 5.07. The van der Waals surface area contributed by atoms with Crippen LogP contribution < -0.4 is 15.8 Å². The first-order chi connectivity index (χ1) is 18.5. The molecule has 0 bridgehead atoms. The van der Waals surface area contributed by atoms with E-state index in [4.69, 9.17) is 18.9 Å². The van der Waals surface area contributed by atoms with Crippen LogP contribution in [-0.2, 0) is 23.8 Å². The van der Waals surface area contributed by atoms with Crippen molar-refractivity contribution in [2.75, 3.05) is 18.5 Å². The molecule has 218 valence electrons. The summed E-state index contributed by atoms with van der Waals surface area (Å²) in [5.41, 5.74) is 5.00.